The Morgan fingerprint density at radius 1 is 1.39 bits per heavy atom. The minimum Gasteiger partial charge on any atom is -0.464 e. The maximum atomic E-state index is 11.2. The van der Waals surface area contributed by atoms with Crippen molar-refractivity contribution >= 4 is 23.1 Å². The normalized spacial score (nSPS) is 10.1. The highest BCUT2D eigenvalue weighted by molar-refractivity contribution is 7.08. The zero-order valence-electron chi connectivity index (χ0n) is 10.1. The summed E-state index contributed by atoms with van der Waals surface area (Å²) in [6.45, 7) is 2.77. The second-order valence-corrected chi connectivity index (χ2v) is 4.47. The Balaban J connectivity index is 1.98. The summed E-state index contributed by atoms with van der Waals surface area (Å²) in [6, 6.07) is 3.29. The van der Waals surface area contributed by atoms with Crippen LogP contribution in [0, 0.1) is 6.92 Å². The van der Waals surface area contributed by atoms with Crippen LogP contribution in [-0.2, 0) is 11.3 Å². The summed E-state index contributed by atoms with van der Waals surface area (Å²) in [4.78, 5) is 11.2. The molecule has 2 aromatic heterocycles. The molecule has 0 aliphatic rings. The number of rotatable bonds is 4. The number of hydrogen-bond acceptors (Lipinski definition) is 6. The minimum atomic E-state index is -0.484. The van der Waals surface area contributed by atoms with E-state index in [2.05, 4.69) is 37.9 Å². The van der Waals surface area contributed by atoms with Crippen molar-refractivity contribution in [3.05, 3.63) is 39.7 Å². The molecule has 6 heteroatoms. The average molecular weight is 263 g/mol. The van der Waals surface area contributed by atoms with Gasteiger partial charge in [0.05, 0.1) is 7.11 Å². The van der Waals surface area contributed by atoms with Crippen molar-refractivity contribution in [2.45, 2.75) is 13.5 Å². The van der Waals surface area contributed by atoms with Gasteiger partial charge in [0.15, 0.2) is 5.69 Å². The van der Waals surface area contributed by atoms with Gasteiger partial charge in [-0.25, -0.2) is 4.79 Å². The summed E-state index contributed by atoms with van der Waals surface area (Å²) in [6.07, 6.45) is 0. The molecule has 0 fully saturated rings. The van der Waals surface area contributed by atoms with E-state index in [1.165, 1.54) is 18.2 Å². The smallest absolute Gasteiger partial charge is 0.358 e. The van der Waals surface area contributed by atoms with E-state index in [1.807, 2.05) is 0 Å². The molecule has 5 nitrogen and oxygen atoms in total. The van der Waals surface area contributed by atoms with E-state index >= 15 is 0 Å². The molecule has 0 bridgehead atoms. The zero-order valence-corrected chi connectivity index (χ0v) is 11.0. The highest BCUT2D eigenvalue weighted by Gasteiger charge is 2.07. The average Bonchev–Trinajstić information content (AvgIpc) is 2.81. The third-order valence-corrected chi connectivity index (χ3v) is 3.39. The number of ether oxygens (including phenoxy) is 1. The molecule has 0 radical (unpaired) electrons. The monoisotopic (exact) mass is 263 g/mol. The van der Waals surface area contributed by atoms with E-state index in [4.69, 9.17) is 0 Å². The number of aryl methyl sites for hydroxylation is 1. The van der Waals surface area contributed by atoms with E-state index < -0.39 is 5.97 Å². The van der Waals surface area contributed by atoms with Crippen molar-refractivity contribution in [2.24, 2.45) is 0 Å². The molecule has 2 rings (SSSR count). The van der Waals surface area contributed by atoms with Crippen molar-refractivity contribution in [1.82, 2.24) is 10.2 Å². The molecule has 0 atom stereocenters. The Morgan fingerprint density at radius 2 is 2.22 bits per heavy atom. The molecule has 94 valence electrons. The van der Waals surface area contributed by atoms with E-state index in [1.54, 1.807) is 23.5 Å². The number of nitrogens with zero attached hydrogens (tertiary/aromatic N) is 2. The summed E-state index contributed by atoms with van der Waals surface area (Å²) < 4.78 is 4.55. The summed E-state index contributed by atoms with van der Waals surface area (Å²) >= 11 is 1.67. The number of nitrogens with one attached hydrogen (secondary N) is 1. The van der Waals surface area contributed by atoms with Gasteiger partial charge in [-0.15, -0.1) is 10.2 Å². The summed E-state index contributed by atoms with van der Waals surface area (Å²) in [5.74, 6) is 0.149. The quantitative estimate of drug-likeness (QED) is 0.857. The number of esters is 1. The van der Waals surface area contributed by atoms with Crippen LogP contribution in [0.1, 0.15) is 21.6 Å². The standard InChI is InChI=1S/C12H13N3O2S/c1-8-6-18-7-9(8)5-13-11-4-3-10(14-15-11)12(16)17-2/h3-4,6-7H,5H2,1-2H3,(H,13,15). The molecule has 0 aromatic carbocycles. The lowest BCUT2D eigenvalue weighted by Gasteiger charge is -2.04. The highest BCUT2D eigenvalue weighted by Crippen LogP contribution is 2.15. The zero-order chi connectivity index (χ0) is 13.0. The van der Waals surface area contributed by atoms with Gasteiger partial charge in [-0.3, -0.25) is 0 Å². The van der Waals surface area contributed by atoms with E-state index in [0.29, 0.717) is 12.4 Å². The van der Waals surface area contributed by atoms with Gasteiger partial charge in [0, 0.05) is 6.54 Å². The van der Waals surface area contributed by atoms with Gasteiger partial charge in [-0.2, -0.15) is 11.3 Å². The first kappa shape index (κ1) is 12.5. The van der Waals surface area contributed by atoms with Crippen molar-refractivity contribution < 1.29 is 9.53 Å². The van der Waals surface area contributed by atoms with Crippen LogP contribution in [0.2, 0.25) is 0 Å². The van der Waals surface area contributed by atoms with Gasteiger partial charge in [0.1, 0.15) is 5.82 Å². The van der Waals surface area contributed by atoms with Crippen molar-refractivity contribution in [3.8, 4) is 0 Å². The maximum Gasteiger partial charge on any atom is 0.358 e. The van der Waals surface area contributed by atoms with Gasteiger partial charge in [-0.05, 0) is 40.9 Å². The van der Waals surface area contributed by atoms with Crippen molar-refractivity contribution in [3.63, 3.8) is 0 Å². The predicted octanol–water partition coefficient (Wildman–Crippen LogP) is 2.25. The first-order valence-corrected chi connectivity index (χ1v) is 6.32. The van der Waals surface area contributed by atoms with Crippen LogP contribution < -0.4 is 5.32 Å². The summed E-state index contributed by atoms with van der Waals surface area (Å²) in [5, 5.41) is 15.1. The topological polar surface area (TPSA) is 64.1 Å². The van der Waals surface area contributed by atoms with E-state index in [9.17, 15) is 4.79 Å². The van der Waals surface area contributed by atoms with Gasteiger partial charge in [0.2, 0.25) is 0 Å². The second kappa shape index (κ2) is 5.59. The Morgan fingerprint density at radius 3 is 2.78 bits per heavy atom. The van der Waals surface area contributed by atoms with Gasteiger partial charge in [0.25, 0.3) is 0 Å². The van der Waals surface area contributed by atoms with Crippen LogP contribution in [-0.4, -0.2) is 23.3 Å². The molecule has 2 aromatic rings. The molecule has 0 spiro atoms. The molecular weight excluding hydrogens is 250 g/mol. The highest BCUT2D eigenvalue weighted by atomic mass is 32.1. The fraction of sp³-hybridized carbons (Fsp3) is 0.250. The first-order chi connectivity index (χ1) is 8.70. The van der Waals surface area contributed by atoms with Crippen LogP contribution in [0.15, 0.2) is 22.9 Å². The predicted molar refractivity (Wildman–Crippen MR) is 69.8 cm³/mol. The third kappa shape index (κ3) is 2.84. The number of carbonyl (C=O) groups excluding carboxylic acids is 1. The minimum absolute atomic E-state index is 0.203. The van der Waals surface area contributed by atoms with E-state index in [-0.39, 0.29) is 5.69 Å². The number of methoxy groups -OCH3 is 1. The Hall–Kier alpha value is -1.95. The molecule has 0 saturated heterocycles. The lowest BCUT2D eigenvalue weighted by atomic mass is 10.2. The number of anilines is 1. The molecule has 1 N–H and O–H groups in total. The van der Waals surface area contributed by atoms with E-state index in [0.717, 1.165) is 0 Å². The fourth-order valence-electron chi connectivity index (χ4n) is 1.39. The molecule has 0 unspecified atom stereocenters. The van der Waals surface area contributed by atoms with Crippen LogP contribution >= 0.6 is 11.3 Å². The fourth-order valence-corrected chi connectivity index (χ4v) is 2.25. The Bertz CT molecular complexity index is 537. The molecule has 0 aliphatic carbocycles. The molecule has 2 heterocycles. The summed E-state index contributed by atoms with van der Waals surface area (Å²) in [5.41, 5.74) is 2.69. The van der Waals surface area contributed by atoms with Crippen molar-refractivity contribution in [2.75, 3.05) is 12.4 Å². The molecule has 18 heavy (non-hydrogen) atoms. The molecular formula is C12H13N3O2S. The Kier molecular flexibility index (Phi) is 3.88. The van der Waals surface area contributed by atoms with Gasteiger partial charge < -0.3 is 10.1 Å². The molecule has 0 saturated carbocycles. The van der Waals surface area contributed by atoms with Gasteiger partial charge in [-0.1, -0.05) is 0 Å². The molecule has 0 amide bonds. The van der Waals surface area contributed by atoms with Crippen LogP contribution in [0.25, 0.3) is 0 Å². The largest absolute Gasteiger partial charge is 0.464 e. The van der Waals surface area contributed by atoms with Crippen molar-refractivity contribution in [1.29, 1.82) is 0 Å². The lowest BCUT2D eigenvalue weighted by molar-refractivity contribution is 0.0593. The molecule has 0 aliphatic heterocycles. The summed E-state index contributed by atoms with van der Waals surface area (Å²) in [7, 11) is 1.32. The number of aromatic nitrogens is 2. The number of carbonyl (C=O) groups is 1. The van der Waals surface area contributed by atoms with Gasteiger partial charge >= 0.3 is 5.97 Å². The van der Waals surface area contributed by atoms with Crippen LogP contribution in [0.4, 0.5) is 5.82 Å². The number of thiophene rings is 1. The van der Waals surface area contributed by atoms with Crippen LogP contribution in [0.3, 0.4) is 0 Å². The SMILES string of the molecule is COC(=O)c1ccc(NCc2cscc2C)nn1. The first-order valence-electron chi connectivity index (χ1n) is 5.38. The second-order valence-electron chi connectivity index (χ2n) is 3.73. The number of hydrogen-bond donors (Lipinski definition) is 1. The Labute approximate surface area is 109 Å². The van der Waals surface area contributed by atoms with Crippen LogP contribution in [0.5, 0.6) is 0 Å². The lowest BCUT2D eigenvalue weighted by Crippen LogP contribution is -2.08. The third-order valence-electron chi connectivity index (χ3n) is 2.48. The maximum absolute atomic E-state index is 11.2.